The third-order valence-electron chi connectivity index (χ3n) is 2.72. The summed E-state index contributed by atoms with van der Waals surface area (Å²) in [5, 5.41) is 11.5. The molecule has 1 aromatic heterocycles. The van der Waals surface area contributed by atoms with Crippen LogP contribution in [0.3, 0.4) is 0 Å². The van der Waals surface area contributed by atoms with E-state index >= 15 is 0 Å². The largest absolute Gasteiger partial charge is 0.352 e. The lowest BCUT2D eigenvalue weighted by Gasteiger charge is -2.09. The number of nitrogens with zero attached hydrogens (tertiary/aromatic N) is 2. The van der Waals surface area contributed by atoms with Gasteiger partial charge in [-0.25, -0.2) is 4.98 Å². The van der Waals surface area contributed by atoms with E-state index in [1.807, 2.05) is 13.8 Å². The normalized spacial score (nSPS) is 10.1. The molecule has 0 saturated heterocycles. The zero-order chi connectivity index (χ0) is 14.5. The van der Waals surface area contributed by atoms with Crippen molar-refractivity contribution in [2.45, 2.75) is 13.8 Å². The van der Waals surface area contributed by atoms with Crippen LogP contribution in [0.5, 0.6) is 0 Å². The summed E-state index contributed by atoms with van der Waals surface area (Å²) in [4.78, 5) is 27.4. The maximum atomic E-state index is 11.9. The van der Waals surface area contributed by atoms with Crippen LogP contribution in [0, 0.1) is 6.92 Å². The van der Waals surface area contributed by atoms with Crippen molar-refractivity contribution < 1.29 is 9.59 Å². The standard InChI is InChI=1S/C13H15N5O2/c1-3-14-12(19)9-5-4-8(2)10(6-9)17-13(20)11-15-7-16-18-11/h4-7H,3H2,1-2H3,(H,14,19)(H,17,20)(H,15,16,18). The Morgan fingerprint density at radius 3 is 2.75 bits per heavy atom. The molecule has 20 heavy (non-hydrogen) atoms. The number of hydrogen-bond donors (Lipinski definition) is 3. The van der Waals surface area contributed by atoms with Gasteiger partial charge in [0, 0.05) is 17.8 Å². The number of aromatic amines is 1. The highest BCUT2D eigenvalue weighted by molar-refractivity contribution is 6.03. The van der Waals surface area contributed by atoms with E-state index in [0.717, 1.165) is 5.56 Å². The summed E-state index contributed by atoms with van der Waals surface area (Å²) in [5.74, 6) is -0.464. The van der Waals surface area contributed by atoms with E-state index in [-0.39, 0.29) is 11.7 Å². The van der Waals surface area contributed by atoms with Gasteiger partial charge in [0.25, 0.3) is 11.8 Å². The molecule has 0 atom stereocenters. The van der Waals surface area contributed by atoms with Gasteiger partial charge in [0.1, 0.15) is 6.33 Å². The number of carbonyl (C=O) groups is 2. The molecule has 7 nitrogen and oxygen atoms in total. The zero-order valence-electron chi connectivity index (χ0n) is 11.2. The number of anilines is 1. The first kappa shape index (κ1) is 13.7. The van der Waals surface area contributed by atoms with E-state index < -0.39 is 5.91 Å². The fourth-order valence-electron chi connectivity index (χ4n) is 1.66. The third-order valence-corrected chi connectivity index (χ3v) is 2.72. The van der Waals surface area contributed by atoms with Gasteiger partial charge in [-0.3, -0.25) is 14.7 Å². The average molecular weight is 273 g/mol. The van der Waals surface area contributed by atoms with Crippen molar-refractivity contribution >= 4 is 17.5 Å². The van der Waals surface area contributed by atoms with Crippen LogP contribution in [0.15, 0.2) is 24.5 Å². The van der Waals surface area contributed by atoms with E-state index in [1.54, 1.807) is 18.2 Å². The number of carbonyl (C=O) groups excluding carboxylic acids is 2. The molecule has 104 valence electrons. The smallest absolute Gasteiger partial charge is 0.292 e. The SMILES string of the molecule is CCNC(=O)c1ccc(C)c(NC(=O)c2ncn[nH]2)c1. The Hall–Kier alpha value is -2.70. The number of H-pyrrole nitrogens is 1. The topological polar surface area (TPSA) is 99.8 Å². The van der Waals surface area contributed by atoms with Crippen molar-refractivity contribution in [3.63, 3.8) is 0 Å². The number of aryl methyl sites for hydroxylation is 1. The van der Waals surface area contributed by atoms with E-state index in [2.05, 4.69) is 25.8 Å². The Balaban J connectivity index is 2.21. The summed E-state index contributed by atoms with van der Waals surface area (Å²) in [6, 6.07) is 5.12. The number of amides is 2. The van der Waals surface area contributed by atoms with Crippen LogP contribution < -0.4 is 10.6 Å². The van der Waals surface area contributed by atoms with Crippen LogP contribution in [0.25, 0.3) is 0 Å². The lowest BCUT2D eigenvalue weighted by Crippen LogP contribution is -2.23. The number of benzene rings is 1. The van der Waals surface area contributed by atoms with Gasteiger partial charge in [-0.1, -0.05) is 6.07 Å². The minimum absolute atomic E-state index is 0.118. The van der Waals surface area contributed by atoms with Crippen LogP contribution in [0.1, 0.15) is 33.5 Å². The van der Waals surface area contributed by atoms with Crippen LogP contribution in [0.2, 0.25) is 0 Å². The van der Waals surface area contributed by atoms with Gasteiger partial charge in [0.05, 0.1) is 0 Å². The summed E-state index contributed by atoms with van der Waals surface area (Å²) < 4.78 is 0. The van der Waals surface area contributed by atoms with Crippen molar-refractivity contribution in [2.75, 3.05) is 11.9 Å². The maximum absolute atomic E-state index is 11.9. The Kier molecular flexibility index (Phi) is 4.09. The molecule has 3 N–H and O–H groups in total. The number of aromatic nitrogens is 3. The summed E-state index contributed by atoms with van der Waals surface area (Å²) in [5.41, 5.74) is 1.91. The van der Waals surface area contributed by atoms with Gasteiger partial charge in [-0.05, 0) is 31.5 Å². The molecule has 0 fully saturated rings. The first-order chi connectivity index (χ1) is 9.61. The fraction of sp³-hybridized carbons (Fsp3) is 0.231. The predicted molar refractivity (Wildman–Crippen MR) is 73.5 cm³/mol. The molecule has 2 rings (SSSR count). The Morgan fingerprint density at radius 1 is 1.30 bits per heavy atom. The van der Waals surface area contributed by atoms with Crippen LogP contribution in [-0.4, -0.2) is 33.5 Å². The second-order valence-corrected chi connectivity index (χ2v) is 4.18. The van der Waals surface area contributed by atoms with E-state index in [1.165, 1.54) is 6.33 Å². The molecule has 7 heteroatoms. The van der Waals surface area contributed by atoms with E-state index in [0.29, 0.717) is 17.8 Å². The monoisotopic (exact) mass is 273 g/mol. The summed E-state index contributed by atoms with van der Waals surface area (Å²) in [6.07, 6.45) is 1.26. The Bertz CT molecular complexity index is 622. The lowest BCUT2D eigenvalue weighted by molar-refractivity contribution is 0.0954. The van der Waals surface area contributed by atoms with Crippen LogP contribution >= 0.6 is 0 Å². The lowest BCUT2D eigenvalue weighted by atomic mass is 10.1. The molecule has 1 aromatic carbocycles. The molecule has 1 heterocycles. The summed E-state index contributed by atoms with van der Waals surface area (Å²) in [6.45, 7) is 4.24. The Morgan fingerprint density at radius 2 is 2.10 bits per heavy atom. The second-order valence-electron chi connectivity index (χ2n) is 4.18. The van der Waals surface area contributed by atoms with Gasteiger partial charge in [-0.15, -0.1) is 0 Å². The van der Waals surface area contributed by atoms with Gasteiger partial charge >= 0.3 is 0 Å². The third kappa shape index (κ3) is 3.00. The number of nitrogens with one attached hydrogen (secondary N) is 3. The first-order valence-electron chi connectivity index (χ1n) is 6.17. The van der Waals surface area contributed by atoms with Gasteiger partial charge < -0.3 is 10.6 Å². The number of hydrogen-bond acceptors (Lipinski definition) is 4. The van der Waals surface area contributed by atoms with Crippen LogP contribution in [-0.2, 0) is 0 Å². The van der Waals surface area contributed by atoms with Gasteiger partial charge in [-0.2, -0.15) is 5.10 Å². The molecule has 0 aliphatic heterocycles. The Labute approximate surface area is 115 Å². The molecule has 0 spiro atoms. The quantitative estimate of drug-likeness (QED) is 0.777. The van der Waals surface area contributed by atoms with Crippen molar-refractivity contribution in [3.8, 4) is 0 Å². The van der Waals surface area contributed by atoms with E-state index in [9.17, 15) is 9.59 Å². The van der Waals surface area contributed by atoms with Crippen molar-refractivity contribution in [1.29, 1.82) is 0 Å². The van der Waals surface area contributed by atoms with Crippen LogP contribution in [0.4, 0.5) is 5.69 Å². The second kappa shape index (κ2) is 5.96. The predicted octanol–water partition coefficient (Wildman–Crippen LogP) is 1.12. The first-order valence-corrected chi connectivity index (χ1v) is 6.17. The molecule has 0 radical (unpaired) electrons. The van der Waals surface area contributed by atoms with Crippen molar-refractivity contribution in [2.24, 2.45) is 0 Å². The van der Waals surface area contributed by atoms with Crippen molar-refractivity contribution in [1.82, 2.24) is 20.5 Å². The average Bonchev–Trinajstić information content (AvgIpc) is 2.95. The van der Waals surface area contributed by atoms with Gasteiger partial charge in [0.2, 0.25) is 5.82 Å². The molecule has 0 aliphatic rings. The molecule has 0 bridgehead atoms. The fourth-order valence-corrected chi connectivity index (χ4v) is 1.66. The van der Waals surface area contributed by atoms with Gasteiger partial charge in [0.15, 0.2) is 0 Å². The molecular weight excluding hydrogens is 258 g/mol. The molecule has 0 unspecified atom stereocenters. The molecule has 0 aliphatic carbocycles. The zero-order valence-corrected chi connectivity index (χ0v) is 11.2. The molecular formula is C13H15N5O2. The van der Waals surface area contributed by atoms with Crippen molar-refractivity contribution in [3.05, 3.63) is 41.5 Å². The van der Waals surface area contributed by atoms with E-state index in [4.69, 9.17) is 0 Å². The summed E-state index contributed by atoms with van der Waals surface area (Å²) >= 11 is 0. The molecule has 0 saturated carbocycles. The highest BCUT2D eigenvalue weighted by Crippen LogP contribution is 2.17. The highest BCUT2D eigenvalue weighted by atomic mass is 16.2. The summed E-state index contributed by atoms with van der Waals surface area (Å²) in [7, 11) is 0. The number of rotatable bonds is 4. The maximum Gasteiger partial charge on any atom is 0.292 e. The minimum Gasteiger partial charge on any atom is -0.352 e. The molecule has 2 aromatic rings. The highest BCUT2D eigenvalue weighted by Gasteiger charge is 2.12. The molecule has 2 amide bonds. The minimum atomic E-state index is -0.404.